The zero-order valence-electron chi connectivity index (χ0n) is 10.0. The van der Waals surface area contributed by atoms with Crippen LogP contribution < -0.4 is 4.74 Å². The standard InChI is InChI=1S/C13H14O5/c1-9(2)12(15)18-11-5-3-10(4-6-11)13(16)17-8-7-14/h3-6,14H,1,7-8H2,2H3. The zero-order chi connectivity index (χ0) is 13.5. The number of aliphatic hydroxyl groups excluding tert-OH is 1. The lowest BCUT2D eigenvalue weighted by atomic mass is 10.2. The molecular formula is C13H14O5. The average Bonchev–Trinajstić information content (AvgIpc) is 2.36. The van der Waals surface area contributed by atoms with Crippen molar-refractivity contribution in [1.82, 2.24) is 0 Å². The van der Waals surface area contributed by atoms with Gasteiger partial charge in [0, 0.05) is 5.57 Å². The number of hydrogen-bond donors (Lipinski definition) is 1. The first-order valence-electron chi connectivity index (χ1n) is 5.30. The SMILES string of the molecule is C=C(C)C(=O)Oc1ccc(C(=O)OCCO)cc1. The van der Waals surface area contributed by atoms with Gasteiger partial charge >= 0.3 is 11.9 Å². The van der Waals surface area contributed by atoms with E-state index in [1.54, 1.807) is 6.92 Å². The highest BCUT2D eigenvalue weighted by molar-refractivity contribution is 5.90. The fraction of sp³-hybridized carbons (Fsp3) is 0.231. The lowest BCUT2D eigenvalue weighted by molar-refractivity contribution is -0.130. The Hall–Kier alpha value is -2.14. The number of benzene rings is 1. The number of rotatable bonds is 5. The van der Waals surface area contributed by atoms with E-state index in [-0.39, 0.29) is 13.2 Å². The van der Waals surface area contributed by atoms with Crippen molar-refractivity contribution in [3.05, 3.63) is 42.0 Å². The van der Waals surface area contributed by atoms with Gasteiger partial charge in [0.1, 0.15) is 12.4 Å². The summed E-state index contributed by atoms with van der Waals surface area (Å²) in [6.45, 7) is 4.73. The molecule has 0 aliphatic rings. The summed E-state index contributed by atoms with van der Waals surface area (Å²) in [5.41, 5.74) is 0.611. The van der Waals surface area contributed by atoms with Gasteiger partial charge in [-0.1, -0.05) is 6.58 Å². The Balaban J connectivity index is 2.65. The van der Waals surface area contributed by atoms with E-state index in [0.717, 1.165) is 0 Å². The third-order valence-corrected chi connectivity index (χ3v) is 1.97. The van der Waals surface area contributed by atoms with Crippen LogP contribution in [0.5, 0.6) is 5.75 Å². The molecule has 0 heterocycles. The maximum absolute atomic E-state index is 11.4. The van der Waals surface area contributed by atoms with Crippen molar-refractivity contribution in [2.75, 3.05) is 13.2 Å². The van der Waals surface area contributed by atoms with E-state index in [9.17, 15) is 9.59 Å². The van der Waals surface area contributed by atoms with Crippen molar-refractivity contribution in [1.29, 1.82) is 0 Å². The van der Waals surface area contributed by atoms with Gasteiger partial charge < -0.3 is 14.6 Å². The smallest absolute Gasteiger partial charge is 0.338 e. The molecule has 5 heteroatoms. The molecule has 5 nitrogen and oxygen atoms in total. The summed E-state index contributed by atoms with van der Waals surface area (Å²) in [6, 6.07) is 5.91. The maximum atomic E-state index is 11.4. The summed E-state index contributed by atoms with van der Waals surface area (Å²) < 4.78 is 9.69. The van der Waals surface area contributed by atoms with Gasteiger partial charge in [-0.25, -0.2) is 9.59 Å². The van der Waals surface area contributed by atoms with Crippen molar-refractivity contribution in [2.24, 2.45) is 0 Å². The molecule has 0 radical (unpaired) electrons. The Morgan fingerprint density at radius 1 is 1.28 bits per heavy atom. The molecule has 1 rings (SSSR count). The molecule has 0 saturated carbocycles. The van der Waals surface area contributed by atoms with Gasteiger partial charge in [0.2, 0.25) is 0 Å². The molecule has 1 aromatic carbocycles. The molecule has 0 amide bonds. The van der Waals surface area contributed by atoms with Gasteiger partial charge in [0.25, 0.3) is 0 Å². The molecule has 0 aromatic heterocycles. The van der Waals surface area contributed by atoms with Gasteiger partial charge in [-0.15, -0.1) is 0 Å². The van der Waals surface area contributed by atoms with E-state index in [2.05, 4.69) is 6.58 Å². The largest absolute Gasteiger partial charge is 0.460 e. The number of hydrogen-bond acceptors (Lipinski definition) is 5. The van der Waals surface area contributed by atoms with Gasteiger partial charge in [-0.2, -0.15) is 0 Å². The van der Waals surface area contributed by atoms with E-state index >= 15 is 0 Å². The van der Waals surface area contributed by atoms with Gasteiger partial charge in [0.15, 0.2) is 0 Å². The number of aliphatic hydroxyl groups is 1. The fourth-order valence-electron chi connectivity index (χ4n) is 1.07. The lowest BCUT2D eigenvalue weighted by Crippen LogP contribution is -2.10. The number of carbonyl (C=O) groups excluding carboxylic acids is 2. The first-order chi connectivity index (χ1) is 8.54. The molecular weight excluding hydrogens is 236 g/mol. The highest BCUT2D eigenvalue weighted by Crippen LogP contribution is 2.14. The molecule has 0 spiro atoms. The van der Waals surface area contributed by atoms with Crippen LogP contribution in [0.25, 0.3) is 0 Å². The summed E-state index contributed by atoms with van der Waals surface area (Å²) in [6.07, 6.45) is 0. The van der Waals surface area contributed by atoms with Crippen LogP contribution >= 0.6 is 0 Å². The van der Waals surface area contributed by atoms with Crippen molar-refractivity contribution >= 4 is 11.9 Å². The van der Waals surface area contributed by atoms with Crippen LogP contribution in [-0.4, -0.2) is 30.3 Å². The third kappa shape index (κ3) is 4.03. The Bertz CT molecular complexity index is 447. The molecule has 0 aliphatic carbocycles. The van der Waals surface area contributed by atoms with Crippen molar-refractivity contribution in [2.45, 2.75) is 6.92 Å². The van der Waals surface area contributed by atoms with Gasteiger partial charge in [0.05, 0.1) is 12.2 Å². The van der Waals surface area contributed by atoms with E-state index in [1.807, 2.05) is 0 Å². The molecule has 0 unspecified atom stereocenters. The minimum Gasteiger partial charge on any atom is -0.460 e. The Morgan fingerprint density at radius 2 is 1.89 bits per heavy atom. The zero-order valence-corrected chi connectivity index (χ0v) is 10.0. The third-order valence-electron chi connectivity index (χ3n) is 1.97. The summed E-state index contributed by atoms with van der Waals surface area (Å²) in [7, 11) is 0. The first kappa shape index (κ1) is 13.9. The minimum absolute atomic E-state index is 0.0504. The van der Waals surface area contributed by atoms with Crippen LogP contribution in [0.4, 0.5) is 0 Å². The van der Waals surface area contributed by atoms with Gasteiger partial charge in [-0.3, -0.25) is 0 Å². The number of carbonyl (C=O) groups is 2. The second kappa shape index (κ2) is 6.56. The quantitative estimate of drug-likeness (QED) is 0.484. The van der Waals surface area contributed by atoms with Crippen molar-refractivity contribution in [3.63, 3.8) is 0 Å². The van der Waals surface area contributed by atoms with E-state index < -0.39 is 11.9 Å². The van der Waals surface area contributed by atoms with Crippen molar-refractivity contribution < 1.29 is 24.2 Å². The molecule has 1 N–H and O–H groups in total. The summed E-state index contributed by atoms with van der Waals surface area (Å²) in [5.74, 6) is -0.742. The monoisotopic (exact) mass is 250 g/mol. The number of ether oxygens (including phenoxy) is 2. The molecule has 0 aliphatic heterocycles. The van der Waals surface area contributed by atoms with Crippen LogP contribution in [0.3, 0.4) is 0 Å². The van der Waals surface area contributed by atoms with Crippen LogP contribution in [-0.2, 0) is 9.53 Å². The topological polar surface area (TPSA) is 72.8 Å². The first-order valence-corrected chi connectivity index (χ1v) is 5.30. The highest BCUT2D eigenvalue weighted by atomic mass is 16.5. The number of esters is 2. The van der Waals surface area contributed by atoms with Crippen molar-refractivity contribution in [3.8, 4) is 5.75 Å². The van der Waals surface area contributed by atoms with Crippen LogP contribution in [0.1, 0.15) is 17.3 Å². The van der Waals surface area contributed by atoms with Gasteiger partial charge in [-0.05, 0) is 31.2 Å². The lowest BCUT2D eigenvalue weighted by Gasteiger charge is -2.05. The molecule has 96 valence electrons. The Kier molecular flexibility index (Phi) is 5.07. The highest BCUT2D eigenvalue weighted by Gasteiger charge is 2.09. The van der Waals surface area contributed by atoms with E-state index in [0.29, 0.717) is 16.9 Å². The minimum atomic E-state index is -0.540. The predicted octanol–water partition coefficient (Wildman–Crippen LogP) is 1.32. The summed E-state index contributed by atoms with van der Waals surface area (Å²) in [4.78, 5) is 22.6. The fourth-order valence-corrected chi connectivity index (χ4v) is 1.07. The average molecular weight is 250 g/mol. The van der Waals surface area contributed by atoms with E-state index in [4.69, 9.17) is 14.6 Å². The molecule has 18 heavy (non-hydrogen) atoms. The molecule has 0 saturated heterocycles. The maximum Gasteiger partial charge on any atom is 0.338 e. The summed E-state index contributed by atoms with van der Waals surface area (Å²) in [5, 5.41) is 8.51. The van der Waals surface area contributed by atoms with Crippen LogP contribution in [0, 0.1) is 0 Å². The van der Waals surface area contributed by atoms with Crippen LogP contribution in [0.2, 0.25) is 0 Å². The van der Waals surface area contributed by atoms with Crippen LogP contribution in [0.15, 0.2) is 36.4 Å². The second-order valence-corrected chi connectivity index (χ2v) is 3.55. The van der Waals surface area contributed by atoms with E-state index in [1.165, 1.54) is 24.3 Å². The Morgan fingerprint density at radius 3 is 2.39 bits per heavy atom. The second-order valence-electron chi connectivity index (χ2n) is 3.55. The normalized spacial score (nSPS) is 9.67. The molecule has 0 bridgehead atoms. The predicted molar refractivity (Wildman–Crippen MR) is 64.3 cm³/mol. The molecule has 0 fully saturated rings. The summed E-state index contributed by atoms with van der Waals surface area (Å²) >= 11 is 0. The Labute approximate surface area is 105 Å². The molecule has 1 aromatic rings. The molecule has 0 atom stereocenters.